The lowest BCUT2D eigenvalue weighted by Crippen LogP contribution is -2.18. The minimum atomic E-state index is 0.308. The van der Waals surface area contributed by atoms with Crippen molar-refractivity contribution < 1.29 is 0 Å². The Balaban J connectivity index is 1.63. The van der Waals surface area contributed by atoms with Crippen molar-refractivity contribution in [3.05, 3.63) is 78.1 Å². The number of aromatic nitrogens is 2. The topological polar surface area (TPSA) is 40.7 Å². The molecule has 0 aliphatic heterocycles. The van der Waals surface area contributed by atoms with Crippen LogP contribution in [0.15, 0.2) is 66.9 Å². The first-order valence-electron chi connectivity index (χ1n) is 7.21. The molecule has 1 atom stereocenters. The van der Waals surface area contributed by atoms with Crippen molar-refractivity contribution in [2.24, 2.45) is 0 Å². The molecule has 2 aromatic carbocycles. The van der Waals surface area contributed by atoms with E-state index in [1.807, 2.05) is 30.5 Å². The van der Waals surface area contributed by atoms with Gasteiger partial charge >= 0.3 is 0 Å². The van der Waals surface area contributed by atoms with E-state index in [1.165, 1.54) is 5.56 Å². The van der Waals surface area contributed by atoms with Crippen molar-refractivity contribution in [2.45, 2.75) is 19.5 Å². The summed E-state index contributed by atoms with van der Waals surface area (Å²) in [6, 6.07) is 20.9. The third-order valence-corrected chi connectivity index (χ3v) is 3.57. The van der Waals surface area contributed by atoms with Gasteiger partial charge in [0.25, 0.3) is 0 Å². The predicted octanol–water partition coefficient (Wildman–Crippen LogP) is 3.93. The molecule has 1 heterocycles. The summed E-state index contributed by atoms with van der Waals surface area (Å²) in [5.74, 6) is 0.916. The fourth-order valence-electron chi connectivity index (χ4n) is 2.31. The lowest BCUT2D eigenvalue weighted by molar-refractivity contribution is 0.569. The van der Waals surface area contributed by atoms with Gasteiger partial charge in [-0.25, -0.2) is 4.98 Å². The summed E-state index contributed by atoms with van der Waals surface area (Å²) in [7, 11) is 0. The highest BCUT2D eigenvalue weighted by Crippen LogP contribution is 2.16. The number of hydrogen-bond acceptors (Lipinski definition) is 2. The third-order valence-electron chi connectivity index (χ3n) is 3.57. The zero-order chi connectivity index (χ0) is 14.5. The molecule has 3 nitrogen and oxygen atoms in total. The van der Waals surface area contributed by atoms with Crippen molar-refractivity contribution in [3.63, 3.8) is 0 Å². The first-order chi connectivity index (χ1) is 10.3. The van der Waals surface area contributed by atoms with Gasteiger partial charge in [0, 0.05) is 24.3 Å². The Labute approximate surface area is 125 Å². The van der Waals surface area contributed by atoms with Gasteiger partial charge in [-0.3, -0.25) is 0 Å². The van der Waals surface area contributed by atoms with E-state index in [4.69, 9.17) is 0 Å². The number of imidazole rings is 1. The fourth-order valence-corrected chi connectivity index (χ4v) is 2.31. The van der Waals surface area contributed by atoms with Crippen LogP contribution in [0, 0.1) is 0 Å². The number of rotatable bonds is 5. The van der Waals surface area contributed by atoms with Crippen LogP contribution in [0.3, 0.4) is 0 Å². The summed E-state index contributed by atoms with van der Waals surface area (Å²) in [4.78, 5) is 7.86. The maximum atomic E-state index is 4.63. The summed E-state index contributed by atoms with van der Waals surface area (Å²) in [6.07, 6.45) is 1.97. The summed E-state index contributed by atoms with van der Waals surface area (Å²) in [5, 5.41) is 3.50. The van der Waals surface area contributed by atoms with Crippen LogP contribution in [-0.2, 0) is 6.54 Å². The van der Waals surface area contributed by atoms with Crippen molar-refractivity contribution in [1.29, 1.82) is 0 Å². The molecule has 106 valence electrons. The van der Waals surface area contributed by atoms with Gasteiger partial charge in [-0.15, -0.1) is 0 Å². The molecular weight excluding hydrogens is 258 g/mol. The smallest absolute Gasteiger partial charge is 0.137 e. The molecule has 0 unspecified atom stereocenters. The average molecular weight is 277 g/mol. The molecule has 0 saturated heterocycles. The number of H-pyrrole nitrogens is 1. The van der Waals surface area contributed by atoms with E-state index in [2.05, 4.69) is 58.6 Å². The van der Waals surface area contributed by atoms with Gasteiger partial charge in [0.15, 0.2) is 0 Å². The molecule has 0 spiro atoms. The second-order valence-corrected chi connectivity index (χ2v) is 5.12. The average Bonchev–Trinajstić information content (AvgIpc) is 3.03. The minimum Gasteiger partial charge on any atom is -0.344 e. The summed E-state index contributed by atoms with van der Waals surface area (Å²) in [6.45, 7) is 2.92. The maximum absolute atomic E-state index is 4.63. The van der Waals surface area contributed by atoms with Crippen molar-refractivity contribution in [3.8, 4) is 11.4 Å². The molecule has 2 N–H and O–H groups in total. The van der Waals surface area contributed by atoms with E-state index >= 15 is 0 Å². The Morgan fingerprint density at radius 3 is 2.38 bits per heavy atom. The van der Waals surface area contributed by atoms with Crippen LogP contribution < -0.4 is 5.32 Å². The van der Waals surface area contributed by atoms with E-state index in [9.17, 15) is 0 Å². The second kappa shape index (κ2) is 6.37. The SMILES string of the molecule is C[C@@H](NCc1c[nH]c(-c2ccccc2)n1)c1ccccc1. The number of hydrogen-bond donors (Lipinski definition) is 2. The Morgan fingerprint density at radius 2 is 1.67 bits per heavy atom. The summed E-state index contributed by atoms with van der Waals surface area (Å²) in [5.41, 5.74) is 3.42. The van der Waals surface area contributed by atoms with Gasteiger partial charge in [-0.2, -0.15) is 0 Å². The maximum Gasteiger partial charge on any atom is 0.137 e. The fraction of sp³-hybridized carbons (Fsp3) is 0.167. The molecule has 0 bridgehead atoms. The first kappa shape index (κ1) is 13.6. The zero-order valence-corrected chi connectivity index (χ0v) is 12.1. The monoisotopic (exact) mass is 277 g/mol. The molecule has 1 aromatic heterocycles. The lowest BCUT2D eigenvalue weighted by Gasteiger charge is -2.12. The van der Waals surface area contributed by atoms with Gasteiger partial charge < -0.3 is 10.3 Å². The number of nitrogens with one attached hydrogen (secondary N) is 2. The van der Waals surface area contributed by atoms with Crippen LogP contribution in [-0.4, -0.2) is 9.97 Å². The Morgan fingerprint density at radius 1 is 1.00 bits per heavy atom. The molecule has 0 amide bonds. The third kappa shape index (κ3) is 3.38. The lowest BCUT2D eigenvalue weighted by atomic mass is 10.1. The van der Waals surface area contributed by atoms with Crippen LogP contribution >= 0.6 is 0 Å². The van der Waals surface area contributed by atoms with Gasteiger partial charge in [-0.05, 0) is 12.5 Å². The van der Waals surface area contributed by atoms with Crippen molar-refractivity contribution in [1.82, 2.24) is 15.3 Å². The predicted molar refractivity (Wildman–Crippen MR) is 85.7 cm³/mol. The Kier molecular flexibility index (Phi) is 4.12. The molecule has 21 heavy (non-hydrogen) atoms. The van der Waals surface area contributed by atoms with Crippen LogP contribution in [0.4, 0.5) is 0 Å². The molecule has 0 radical (unpaired) electrons. The van der Waals surface area contributed by atoms with Crippen LogP contribution in [0.25, 0.3) is 11.4 Å². The molecule has 0 aliphatic carbocycles. The van der Waals surface area contributed by atoms with Crippen molar-refractivity contribution in [2.75, 3.05) is 0 Å². The first-order valence-corrected chi connectivity index (χ1v) is 7.21. The normalized spacial score (nSPS) is 12.2. The van der Waals surface area contributed by atoms with E-state index < -0.39 is 0 Å². The van der Waals surface area contributed by atoms with Gasteiger partial charge in [0.1, 0.15) is 5.82 Å². The van der Waals surface area contributed by atoms with Gasteiger partial charge in [0.2, 0.25) is 0 Å². The van der Waals surface area contributed by atoms with E-state index in [0.29, 0.717) is 6.04 Å². The zero-order valence-electron chi connectivity index (χ0n) is 12.1. The van der Waals surface area contributed by atoms with Gasteiger partial charge in [-0.1, -0.05) is 60.7 Å². The number of aromatic amines is 1. The largest absolute Gasteiger partial charge is 0.344 e. The van der Waals surface area contributed by atoms with Gasteiger partial charge in [0.05, 0.1) is 5.69 Å². The summed E-state index contributed by atoms with van der Waals surface area (Å²) < 4.78 is 0. The highest BCUT2D eigenvalue weighted by molar-refractivity contribution is 5.54. The number of nitrogens with zero attached hydrogens (tertiary/aromatic N) is 1. The molecule has 3 rings (SSSR count). The standard InChI is InChI=1S/C18H19N3/c1-14(15-8-4-2-5-9-15)19-12-17-13-20-18(21-17)16-10-6-3-7-11-16/h2-11,13-14,19H,12H2,1H3,(H,20,21)/t14-/m1/s1. The Hall–Kier alpha value is -2.39. The molecule has 0 aliphatic rings. The van der Waals surface area contributed by atoms with Crippen LogP contribution in [0.1, 0.15) is 24.2 Å². The minimum absolute atomic E-state index is 0.308. The molecule has 3 heteroatoms. The summed E-state index contributed by atoms with van der Waals surface area (Å²) >= 11 is 0. The van der Waals surface area contributed by atoms with E-state index in [-0.39, 0.29) is 0 Å². The second-order valence-electron chi connectivity index (χ2n) is 5.12. The van der Waals surface area contributed by atoms with E-state index in [0.717, 1.165) is 23.6 Å². The van der Waals surface area contributed by atoms with Crippen LogP contribution in [0.2, 0.25) is 0 Å². The quantitative estimate of drug-likeness (QED) is 0.742. The Bertz CT molecular complexity index is 674. The molecule has 0 saturated carbocycles. The molecular formula is C18H19N3. The van der Waals surface area contributed by atoms with E-state index in [1.54, 1.807) is 0 Å². The molecule has 0 fully saturated rings. The van der Waals surface area contributed by atoms with Crippen LogP contribution in [0.5, 0.6) is 0 Å². The highest BCUT2D eigenvalue weighted by Gasteiger charge is 2.07. The number of benzene rings is 2. The van der Waals surface area contributed by atoms with Crippen molar-refractivity contribution >= 4 is 0 Å². The molecule has 3 aromatic rings. The highest BCUT2D eigenvalue weighted by atomic mass is 15.0.